The molecule has 1 rings (SSSR count). The first-order valence-corrected chi connectivity index (χ1v) is 4.87. The topological polar surface area (TPSA) is 68.0 Å². The second kappa shape index (κ2) is 5.03. The minimum absolute atomic E-state index is 0.207. The maximum Gasteiger partial charge on any atom is 0.391 e. The van der Waals surface area contributed by atoms with Crippen molar-refractivity contribution >= 4 is 11.7 Å². The third kappa shape index (κ3) is 4.71. The zero-order chi connectivity index (χ0) is 13.1. The van der Waals surface area contributed by atoms with E-state index in [0.717, 1.165) is 0 Å². The van der Waals surface area contributed by atoms with E-state index in [4.69, 9.17) is 5.73 Å². The summed E-state index contributed by atoms with van der Waals surface area (Å²) >= 11 is 0. The SMILES string of the molecule is CC(CC(F)(F)F)Nc1ccc(C(N)=O)cn1. The summed E-state index contributed by atoms with van der Waals surface area (Å²) in [6, 6.07) is 2.02. The van der Waals surface area contributed by atoms with E-state index in [1.54, 1.807) is 0 Å². The molecular weight excluding hydrogens is 235 g/mol. The summed E-state index contributed by atoms with van der Waals surface area (Å²) in [7, 11) is 0. The zero-order valence-corrected chi connectivity index (χ0v) is 9.08. The van der Waals surface area contributed by atoms with Crippen LogP contribution in [0.4, 0.5) is 19.0 Å². The average Bonchev–Trinajstić information content (AvgIpc) is 2.15. The highest BCUT2D eigenvalue weighted by atomic mass is 19.4. The molecule has 0 aliphatic heterocycles. The van der Waals surface area contributed by atoms with Gasteiger partial charge in [-0.25, -0.2) is 4.98 Å². The standard InChI is InChI=1S/C10H12F3N3O/c1-6(4-10(11,12)13)16-8-3-2-7(5-15-8)9(14)17/h2-3,5-6H,4H2,1H3,(H2,14,17)(H,15,16). The van der Waals surface area contributed by atoms with E-state index in [1.807, 2.05) is 0 Å². The van der Waals surface area contributed by atoms with Gasteiger partial charge in [0, 0.05) is 12.2 Å². The number of carbonyl (C=O) groups excluding carboxylic acids is 1. The van der Waals surface area contributed by atoms with Gasteiger partial charge in [-0.15, -0.1) is 0 Å². The quantitative estimate of drug-likeness (QED) is 0.854. The average molecular weight is 247 g/mol. The fraction of sp³-hybridized carbons (Fsp3) is 0.400. The molecule has 0 spiro atoms. The predicted octanol–water partition coefficient (Wildman–Crippen LogP) is 1.93. The van der Waals surface area contributed by atoms with Crippen LogP contribution < -0.4 is 11.1 Å². The predicted molar refractivity (Wildman–Crippen MR) is 56.5 cm³/mol. The molecule has 0 fully saturated rings. The largest absolute Gasteiger partial charge is 0.391 e. The zero-order valence-electron chi connectivity index (χ0n) is 9.08. The molecule has 0 radical (unpaired) electrons. The molecule has 0 saturated heterocycles. The number of aromatic nitrogens is 1. The van der Waals surface area contributed by atoms with Gasteiger partial charge in [-0.3, -0.25) is 4.79 Å². The summed E-state index contributed by atoms with van der Waals surface area (Å²) in [6.07, 6.45) is -3.96. The minimum atomic E-state index is -4.22. The van der Waals surface area contributed by atoms with Gasteiger partial charge in [0.05, 0.1) is 12.0 Å². The van der Waals surface area contributed by atoms with E-state index in [2.05, 4.69) is 10.3 Å². The summed E-state index contributed by atoms with van der Waals surface area (Å²) < 4.78 is 36.2. The van der Waals surface area contributed by atoms with Crippen molar-refractivity contribution in [1.82, 2.24) is 4.98 Å². The van der Waals surface area contributed by atoms with Crippen LogP contribution in [0.2, 0.25) is 0 Å². The number of amides is 1. The molecule has 1 aromatic rings. The summed E-state index contributed by atoms with van der Waals surface area (Å²) in [6.45, 7) is 1.40. The van der Waals surface area contributed by atoms with Gasteiger partial charge in [-0.1, -0.05) is 0 Å². The van der Waals surface area contributed by atoms with Crippen LogP contribution in [0.15, 0.2) is 18.3 Å². The molecule has 1 aromatic heterocycles. The molecule has 0 aliphatic carbocycles. The molecule has 0 saturated carbocycles. The minimum Gasteiger partial charge on any atom is -0.367 e. The van der Waals surface area contributed by atoms with E-state index in [1.165, 1.54) is 25.3 Å². The summed E-state index contributed by atoms with van der Waals surface area (Å²) in [4.78, 5) is 14.5. The first-order valence-electron chi connectivity index (χ1n) is 4.87. The maximum atomic E-state index is 12.1. The fourth-order valence-electron chi connectivity index (χ4n) is 1.28. The van der Waals surface area contributed by atoms with Crippen LogP contribution in [0.3, 0.4) is 0 Å². The highest BCUT2D eigenvalue weighted by molar-refractivity contribution is 5.92. The lowest BCUT2D eigenvalue weighted by atomic mass is 10.2. The Hall–Kier alpha value is -1.79. The van der Waals surface area contributed by atoms with E-state index in [-0.39, 0.29) is 11.4 Å². The van der Waals surface area contributed by atoms with Gasteiger partial charge in [0.1, 0.15) is 5.82 Å². The lowest BCUT2D eigenvalue weighted by molar-refractivity contribution is -0.136. The number of halogens is 3. The smallest absolute Gasteiger partial charge is 0.367 e. The van der Waals surface area contributed by atoms with Gasteiger partial charge < -0.3 is 11.1 Å². The van der Waals surface area contributed by atoms with Crippen molar-refractivity contribution in [1.29, 1.82) is 0 Å². The van der Waals surface area contributed by atoms with Crippen molar-refractivity contribution in [3.05, 3.63) is 23.9 Å². The fourth-order valence-corrected chi connectivity index (χ4v) is 1.28. The lowest BCUT2D eigenvalue weighted by Gasteiger charge is -2.16. The molecule has 1 heterocycles. The van der Waals surface area contributed by atoms with Crippen LogP contribution in [0.1, 0.15) is 23.7 Å². The molecule has 94 valence electrons. The number of nitrogens with one attached hydrogen (secondary N) is 1. The lowest BCUT2D eigenvalue weighted by Crippen LogP contribution is -2.24. The first kappa shape index (κ1) is 13.3. The Labute approximate surface area is 96.0 Å². The van der Waals surface area contributed by atoms with Crippen LogP contribution >= 0.6 is 0 Å². The second-order valence-electron chi connectivity index (χ2n) is 3.66. The van der Waals surface area contributed by atoms with Gasteiger partial charge in [0.15, 0.2) is 0 Å². The Morgan fingerprint density at radius 1 is 1.53 bits per heavy atom. The maximum absolute atomic E-state index is 12.1. The van der Waals surface area contributed by atoms with Crippen molar-refractivity contribution in [2.45, 2.75) is 25.6 Å². The monoisotopic (exact) mass is 247 g/mol. The number of pyridine rings is 1. The molecule has 1 unspecified atom stereocenters. The molecule has 4 nitrogen and oxygen atoms in total. The van der Waals surface area contributed by atoms with Crippen LogP contribution in [0.25, 0.3) is 0 Å². The Morgan fingerprint density at radius 2 is 2.18 bits per heavy atom. The van der Waals surface area contributed by atoms with Gasteiger partial charge in [-0.2, -0.15) is 13.2 Å². The Balaban J connectivity index is 2.60. The Morgan fingerprint density at radius 3 is 2.59 bits per heavy atom. The summed E-state index contributed by atoms with van der Waals surface area (Å²) in [5.41, 5.74) is 5.21. The molecule has 0 aliphatic rings. The number of alkyl halides is 3. The van der Waals surface area contributed by atoms with Gasteiger partial charge in [0.2, 0.25) is 5.91 Å². The molecule has 1 atom stereocenters. The number of nitrogens with zero attached hydrogens (tertiary/aromatic N) is 1. The van der Waals surface area contributed by atoms with Crippen LogP contribution in [-0.4, -0.2) is 23.1 Å². The van der Waals surface area contributed by atoms with Crippen molar-refractivity contribution in [2.24, 2.45) is 5.73 Å². The van der Waals surface area contributed by atoms with Crippen molar-refractivity contribution in [3.8, 4) is 0 Å². The number of rotatable bonds is 4. The Bertz CT molecular complexity index is 389. The highest BCUT2D eigenvalue weighted by Gasteiger charge is 2.29. The van der Waals surface area contributed by atoms with Crippen molar-refractivity contribution < 1.29 is 18.0 Å². The second-order valence-corrected chi connectivity index (χ2v) is 3.66. The third-order valence-electron chi connectivity index (χ3n) is 1.98. The number of carbonyl (C=O) groups is 1. The Kier molecular flexibility index (Phi) is 3.93. The van der Waals surface area contributed by atoms with Crippen LogP contribution in [-0.2, 0) is 0 Å². The van der Waals surface area contributed by atoms with Crippen molar-refractivity contribution in [2.75, 3.05) is 5.32 Å². The van der Waals surface area contributed by atoms with Crippen LogP contribution in [0, 0.1) is 0 Å². The van der Waals surface area contributed by atoms with E-state index in [9.17, 15) is 18.0 Å². The summed E-state index contributed by atoms with van der Waals surface area (Å²) in [5, 5.41) is 2.58. The summed E-state index contributed by atoms with van der Waals surface area (Å²) in [5.74, 6) is -0.362. The van der Waals surface area contributed by atoms with Gasteiger partial charge in [0.25, 0.3) is 0 Å². The number of nitrogens with two attached hydrogens (primary N) is 1. The normalized spacial score (nSPS) is 13.2. The molecular formula is C10H12F3N3O. The third-order valence-corrected chi connectivity index (χ3v) is 1.98. The number of primary amides is 1. The van der Waals surface area contributed by atoms with Gasteiger partial charge >= 0.3 is 6.18 Å². The number of hydrogen-bond acceptors (Lipinski definition) is 3. The molecule has 1 amide bonds. The van der Waals surface area contributed by atoms with Crippen molar-refractivity contribution in [3.63, 3.8) is 0 Å². The van der Waals surface area contributed by atoms with E-state index >= 15 is 0 Å². The molecule has 0 aromatic carbocycles. The molecule has 7 heteroatoms. The molecule has 3 N–H and O–H groups in total. The molecule has 17 heavy (non-hydrogen) atoms. The van der Waals surface area contributed by atoms with Gasteiger partial charge in [-0.05, 0) is 19.1 Å². The van der Waals surface area contributed by atoms with E-state index < -0.39 is 24.5 Å². The van der Waals surface area contributed by atoms with E-state index in [0.29, 0.717) is 0 Å². The number of anilines is 1. The first-order chi connectivity index (χ1) is 7.78. The number of hydrogen-bond donors (Lipinski definition) is 2. The van der Waals surface area contributed by atoms with Crippen LogP contribution in [0.5, 0.6) is 0 Å². The highest BCUT2D eigenvalue weighted by Crippen LogP contribution is 2.22. The molecule has 0 bridgehead atoms.